The summed E-state index contributed by atoms with van der Waals surface area (Å²) in [5, 5.41) is 7.26. The molecule has 1 aromatic carbocycles. The van der Waals surface area contributed by atoms with Crippen molar-refractivity contribution in [1.29, 1.82) is 0 Å². The highest BCUT2D eigenvalue weighted by molar-refractivity contribution is 5.35. The number of methoxy groups -OCH3 is 1. The van der Waals surface area contributed by atoms with Crippen LogP contribution in [0.5, 0.6) is 5.75 Å². The van der Waals surface area contributed by atoms with E-state index in [1.165, 1.54) is 0 Å². The minimum Gasteiger partial charge on any atom is -0.496 e. The maximum Gasteiger partial charge on any atom is 0.150 e. The highest BCUT2D eigenvalue weighted by atomic mass is 16.5. The predicted octanol–water partition coefficient (Wildman–Crippen LogP) is 2.08. The Morgan fingerprint density at radius 1 is 1.20 bits per heavy atom. The standard InChI is InChI=1S/C15H22N4O/c1-20-13-8-5-4-7-12(13)11-15-17-14(18-19-15)9-3-2-6-10-16/h4-5,7-8H,2-3,6,9-11,16H2,1H3,(H,17,18,19). The minimum absolute atomic E-state index is 0.708. The fourth-order valence-corrected chi connectivity index (χ4v) is 2.16. The fraction of sp³-hybridized carbons (Fsp3) is 0.467. The summed E-state index contributed by atoms with van der Waals surface area (Å²) in [6, 6.07) is 7.97. The van der Waals surface area contributed by atoms with Gasteiger partial charge in [-0.1, -0.05) is 24.6 Å². The van der Waals surface area contributed by atoms with Gasteiger partial charge in [0.25, 0.3) is 0 Å². The van der Waals surface area contributed by atoms with Gasteiger partial charge >= 0.3 is 0 Å². The van der Waals surface area contributed by atoms with Gasteiger partial charge in [0.05, 0.1) is 7.11 Å². The number of rotatable bonds is 8. The van der Waals surface area contributed by atoms with Crippen molar-refractivity contribution in [3.63, 3.8) is 0 Å². The van der Waals surface area contributed by atoms with Crippen molar-refractivity contribution < 1.29 is 4.74 Å². The zero-order valence-corrected chi connectivity index (χ0v) is 11.9. The molecule has 108 valence electrons. The van der Waals surface area contributed by atoms with Gasteiger partial charge in [-0.25, -0.2) is 4.98 Å². The summed E-state index contributed by atoms with van der Waals surface area (Å²) in [5.74, 6) is 2.64. The second kappa shape index (κ2) is 7.65. The van der Waals surface area contributed by atoms with E-state index in [9.17, 15) is 0 Å². The Bertz CT molecular complexity index is 524. The number of nitrogens with one attached hydrogen (secondary N) is 1. The number of hydrogen-bond donors (Lipinski definition) is 2. The van der Waals surface area contributed by atoms with Gasteiger partial charge in [0, 0.05) is 18.4 Å². The van der Waals surface area contributed by atoms with Gasteiger partial charge in [-0.15, -0.1) is 0 Å². The summed E-state index contributed by atoms with van der Waals surface area (Å²) in [7, 11) is 1.68. The molecule has 0 radical (unpaired) electrons. The number of nitrogens with two attached hydrogens (primary N) is 1. The van der Waals surface area contributed by atoms with Crippen molar-refractivity contribution in [2.75, 3.05) is 13.7 Å². The van der Waals surface area contributed by atoms with Crippen LogP contribution in [0.2, 0.25) is 0 Å². The van der Waals surface area contributed by atoms with Crippen LogP contribution in [0.3, 0.4) is 0 Å². The fourth-order valence-electron chi connectivity index (χ4n) is 2.16. The first-order valence-electron chi connectivity index (χ1n) is 7.05. The van der Waals surface area contributed by atoms with Crippen LogP contribution >= 0.6 is 0 Å². The first kappa shape index (κ1) is 14.5. The lowest BCUT2D eigenvalue weighted by Gasteiger charge is -2.05. The highest BCUT2D eigenvalue weighted by Gasteiger charge is 2.07. The Balaban J connectivity index is 1.92. The highest BCUT2D eigenvalue weighted by Crippen LogP contribution is 2.19. The number of benzene rings is 1. The van der Waals surface area contributed by atoms with Crippen LogP contribution in [-0.4, -0.2) is 28.8 Å². The van der Waals surface area contributed by atoms with Crippen LogP contribution < -0.4 is 10.5 Å². The third-order valence-electron chi connectivity index (χ3n) is 3.23. The molecule has 0 spiro atoms. The van der Waals surface area contributed by atoms with Crippen molar-refractivity contribution in [2.24, 2.45) is 5.73 Å². The second-order valence-corrected chi connectivity index (χ2v) is 4.79. The first-order chi connectivity index (χ1) is 9.83. The number of hydrogen-bond acceptors (Lipinski definition) is 4. The van der Waals surface area contributed by atoms with Crippen LogP contribution in [-0.2, 0) is 12.8 Å². The molecule has 0 aliphatic rings. The first-order valence-corrected chi connectivity index (χ1v) is 7.05. The number of ether oxygens (including phenoxy) is 1. The zero-order chi connectivity index (χ0) is 14.2. The molecular formula is C15H22N4O. The van der Waals surface area contributed by atoms with Crippen LogP contribution in [0.1, 0.15) is 36.5 Å². The molecule has 0 saturated heterocycles. The number of aromatic nitrogens is 3. The molecule has 5 nitrogen and oxygen atoms in total. The van der Waals surface area contributed by atoms with E-state index in [-0.39, 0.29) is 0 Å². The molecule has 0 amide bonds. The van der Waals surface area contributed by atoms with Crippen molar-refractivity contribution >= 4 is 0 Å². The molecule has 0 unspecified atom stereocenters. The molecule has 20 heavy (non-hydrogen) atoms. The zero-order valence-electron chi connectivity index (χ0n) is 11.9. The van der Waals surface area contributed by atoms with Gasteiger partial charge in [0.15, 0.2) is 5.82 Å². The predicted molar refractivity (Wildman–Crippen MR) is 78.8 cm³/mol. The molecule has 5 heteroatoms. The molecule has 0 aliphatic carbocycles. The van der Waals surface area contributed by atoms with Gasteiger partial charge in [0.2, 0.25) is 0 Å². The summed E-state index contributed by atoms with van der Waals surface area (Å²) in [6.07, 6.45) is 4.90. The third-order valence-corrected chi connectivity index (χ3v) is 3.23. The van der Waals surface area contributed by atoms with E-state index in [0.29, 0.717) is 6.42 Å². The molecule has 2 aromatic rings. The lowest BCUT2D eigenvalue weighted by molar-refractivity contribution is 0.410. The number of aryl methyl sites for hydroxylation is 1. The summed E-state index contributed by atoms with van der Waals surface area (Å²) < 4.78 is 5.34. The summed E-state index contributed by atoms with van der Waals surface area (Å²) in [5.41, 5.74) is 6.59. The van der Waals surface area contributed by atoms with E-state index in [4.69, 9.17) is 10.5 Å². The molecule has 0 bridgehead atoms. The maximum absolute atomic E-state index is 5.48. The summed E-state index contributed by atoms with van der Waals surface area (Å²) in [6.45, 7) is 0.757. The molecule has 0 saturated carbocycles. The number of nitrogens with zero attached hydrogens (tertiary/aromatic N) is 2. The minimum atomic E-state index is 0.708. The van der Waals surface area contributed by atoms with Crippen LogP contribution in [0, 0.1) is 0 Å². The molecule has 0 aliphatic heterocycles. The largest absolute Gasteiger partial charge is 0.496 e. The maximum atomic E-state index is 5.48. The van der Waals surface area contributed by atoms with Crippen LogP contribution in [0.15, 0.2) is 24.3 Å². The lowest BCUT2D eigenvalue weighted by atomic mass is 10.1. The number of aromatic amines is 1. The van der Waals surface area contributed by atoms with Gasteiger partial charge in [-0.2, -0.15) is 5.10 Å². The Kier molecular flexibility index (Phi) is 5.55. The van der Waals surface area contributed by atoms with Crippen LogP contribution in [0.25, 0.3) is 0 Å². The van der Waals surface area contributed by atoms with E-state index < -0.39 is 0 Å². The summed E-state index contributed by atoms with van der Waals surface area (Å²) in [4.78, 5) is 4.53. The molecular weight excluding hydrogens is 252 g/mol. The molecule has 1 aromatic heterocycles. The van der Waals surface area contributed by atoms with E-state index >= 15 is 0 Å². The average Bonchev–Trinajstić information content (AvgIpc) is 2.92. The number of H-pyrrole nitrogens is 1. The third kappa shape index (κ3) is 4.06. The topological polar surface area (TPSA) is 76.8 Å². The smallest absolute Gasteiger partial charge is 0.150 e. The van der Waals surface area contributed by atoms with Crippen molar-refractivity contribution in [2.45, 2.75) is 32.1 Å². The monoisotopic (exact) mass is 274 g/mol. The Morgan fingerprint density at radius 2 is 2.05 bits per heavy atom. The van der Waals surface area contributed by atoms with Gasteiger partial charge in [0.1, 0.15) is 11.6 Å². The normalized spacial score (nSPS) is 10.7. The molecule has 0 atom stereocenters. The van der Waals surface area contributed by atoms with Gasteiger partial charge in [-0.3, -0.25) is 5.10 Å². The lowest BCUT2D eigenvalue weighted by Crippen LogP contribution is -1.98. The van der Waals surface area contributed by atoms with E-state index in [2.05, 4.69) is 15.2 Å². The summed E-state index contributed by atoms with van der Waals surface area (Å²) >= 11 is 0. The SMILES string of the molecule is COc1ccccc1Cc1nc(CCCCCN)n[nH]1. The number of unbranched alkanes of at least 4 members (excludes halogenated alkanes) is 2. The average molecular weight is 274 g/mol. The molecule has 1 heterocycles. The van der Waals surface area contributed by atoms with Gasteiger partial charge in [-0.05, 0) is 25.5 Å². The molecule has 3 N–H and O–H groups in total. The molecule has 2 rings (SSSR count). The van der Waals surface area contributed by atoms with E-state index in [1.54, 1.807) is 7.11 Å². The van der Waals surface area contributed by atoms with Crippen LogP contribution in [0.4, 0.5) is 0 Å². The molecule has 0 fully saturated rings. The van der Waals surface area contributed by atoms with E-state index in [0.717, 1.165) is 55.2 Å². The quantitative estimate of drug-likeness (QED) is 0.722. The van der Waals surface area contributed by atoms with Crippen molar-refractivity contribution in [3.8, 4) is 5.75 Å². The van der Waals surface area contributed by atoms with E-state index in [1.807, 2.05) is 24.3 Å². The second-order valence-electron chi connectivity index (χ2n) is 4.79. The Hall–Kier alpha value is -1.88. The number of para-hydroxylation sites is 1. The van der Waals surface area contributed by atoms with Gasteiger partial charge < -0.3 is 10.5 Å². The Labute approximate surface area is 119 Å². The van der Waals surface area contributed by atoms with Crippen molar-refractivity contribution in [3.05, 3.63) is 41.5 Å². The van der Waals surface area contributed by atoms with Crippen molar-refractivity contribution in [1.82, 2.24) is 15.2 Å². The Morgan fingerprint density at radius 3 is 2.85 bits per heavy atom.